The second-order valence-corrected chi connectivity index (χ2v) is 8.13. The first-order chi connectivity index (χ1) is 14.1. The molecule has 0 spiro atoms. The molecule has 6 nitrogen and oxygen atoms in total. The first-order valence-corrected chi connectivity index (χ1v) is 10.9. The van der Waals surface area contributed by atoms with E-state index in [-0.39, 0.29) is 24.2 Å². The van der Waals surface area contributed by atoms with E-state index in [2.05, 4.69) is 10.6 Å². The second-order valence-electron chi connectivity index (χ2n) is 8.13. The van der Waals surface area contributed by atoms with Gasteiger partial charge in [-0.15, -0.1) is 0 Å². The molecule has 2 amide bonds. The third-order valence-electron chi connectivity index (χ3n) is 5.87. The zero-order valence-electron chi connectivity index (χ0n) is 17.2. The van der Waals surface area contributed by atoms with Gasteiger partial charge in [-0.05, 0) is 37.1 Å². The molecule has 0 bridgehead atoms. The van der Waals surface area contributed by atoms with Gasteiger partial charge in [0.25, 0.3) is 0 Å². The zero-order chi connectivity index (χ0) is 20.5. The van der Waals surface area contributed by atoms with Crippen LogP contribution in [0.15, 0.2) is 24.3 Å². The monoisotopic (exact) mass is 404 g/mol. The highest BCUT2D eigenvalue weighted by Crippen LogP contribution is 2.17. The van der Waals surface area contributed by atoms with E-state index in [1.807, 2.05) is 9.80 Å². The number of anilines is 1. The number of hydrogen-bond acceptors (Lipinski definition) is 4. The van der Waals surface area contributed by atoms with Gasteiger partial charge in [0.05, 0.1) is 13.1 Å². The van der Waals surface area contributed by atoms with Crippen molar-refractivity contribution in [1.82, 2.24) is 15.1 Å². The fraction of sp³-hybridized carbons (Fsp3) is 0.636. The topological polar surface area (TPSA) is 64.7 Å². The molecular formula is C22H33FN4O2. The van der Waals surface area contributed by atoms with Gasteiger partial charge in [0.2, 0.25) is 11.8 Å². The number of hydrogen-bond donors (Lipinski definition) is 2. The van der Waals surface area contributed by atoms with E-state index in [0.717, 1.165) is 0 Å². The maximum Gasteiger partial charge on any atom is 0.238 e. The number of rotatable bonds is 6. The van der Waals surface area contributed by atoms with Crippen molar-refractivity contribution < 1.29 is 14.0 Å². The summed E-state index contributed by atoms with van der Waals surface area (Å²) in [6, 6.07) is 6.21. The first kappa shape index (κ1) is 21.7. The fourth-order valence-corrected chi connectivity index (χ4v) is 4.10. The molecule has 1 aromatic rings. The number of carbonyl (C=O) groups is 2. The molecule has 2 fully saturated rings. The van der Waals surface area contributed by atoms with Gasteiger partial charge in [-0.3, -0.25) is 14.5 Å². The van der Waals surface area contributed by atoms with Gasteiger partial charge in [0.1, 0.15) is 5.82 Å². The molecule has 1 saturated heterocycles. The summed E-state index contributed by atoms with van der Waals surface area (Å²) in [6.07, 6.45) is 8.81. The molecule has 29 heavy (non-hydrogen) atoms. The van der Waals surface area contributed by atoms with Crippen molar-refractivity contribution in [3.05, 3.63) is 30.1 Å². The molecule has 1 aliphatic heterocycles. The Morgan fingerprint density at radius 1 is 0.931 bits per heavy atom. The van der Waals surface area contributed by atoms with E-state index in [0.29, 0.717) is 44.5 Å². The van der Waals surface area contributed by atoms with Crippen molar-refractivity contribution in [3.63, 3.8) is 0 Å². The van der Waals surface area contributed by atoms with Gasteiger partial charge in [-0.25, -0.2) is 4.39 Å². The smallest absolute Gasteiger partial charge is 0.238 e. The summed E-state index contributed by atoms with van der Waals surface area (Å²) in [5.74, 6) is -0.294. The summed E-state index contributed by atoms with van der Waals surface area (Å²) in [5, 5.41) is 6.24. The summed E-state index contributed by atoms with van der Waals surface area (Å²) in [4.78, 5) is 28.6. The average molecular weight is 405 g/mol. The molecular weight excluding hydrogens is 371 g/mol. The normalized spacial score (nSPS) is 19.4. The van der Waals surface area contributed by atoms with E-state index in [4.69, 9.17) is 0 Å². The Morgan fingerprint density at radius 3 is 2.21 bits per heavy atom. The fourth-order valence-electron chi connectivity index (χ4n) is 4.10. The number of amides is 2. The molecule has 0 unspecified atom stereocenters. The van der Waals surface area contributed by atoms with E-state index < -0.39 is 0 Å². The van der Waals surface area contributed by atoms with Crippen LogP contribution in [-0.4, -0.2) is 66.9 Å². The van der Waals surface area contributed by atoms with Crippen molar-refractivity contribution in [2.24, 2.45) is 0 Å². The van der Waals surface area contributed by atoms with Crippen LogP contribution in [0.25, 0.3) is 0 Å². The van der Waals surface area contributed by atoms with E-state index >= 15 is 0 Å². The molecule has 1 aliphatic carbocycles. The van der Waals surface area contributed by atoms with Crippen LogP contribution < -0.4 is 10.6 Å². The number of nitrogens with one attached hydrogen (secondary N) is 2. The molecule has 2 aliphatic rings. The molecule has 1 saturated carbocycles. The zero-order valence-corrected chi connectivity index (χ0v) is 17.2. The van der Waals surface area contributed by atoms with Gasteiger partial charge in [-0.1, -0.05) is 32.1 Å². The van der Waals surface area contributed by atoms with Gasteiger partial charge in [0, 0.05) is 37.9 Å². The molecule has 3 rings (SSSR count). The molecule has 0 radical (unpaired) electrons. The van der Waals surface area contributed by atoms with E-state index in [1.54, 1.807) is 12.1 Å². The van der Waals surface area contributed by atoms with Gasteiger partial charge in [-0.2, -0.15) is 0 Å². The highest BCUT2D eigenvalue weighted by Gasteiger charge is 2.23. The van der Waals surface area contributed by atoms with Crippen LogP contribution in [0.1, 0.15) is 44.9 Å². The van der Waals surface area contributed by atoms with E-state index in [9.17, 15) is 14.0 Å². The number of piperazine rings is 1. The molecule has 160 valence electrons. The van der Waals surface area contributed by atoms with Gasteiger partial charge >= 0.3 is 0 Å². The number of nitrogens with zero attached hydrogens (tertiary/aromatic N) is 2. The van der Waals surface area contributed by atoms with Crippen LogP contribution >= 0.6 is 0 Å². The summed E-state index contributed by atoms with van der Waals surface area (Å²) in [7, 11) is 0. The SMILES string of the molecule is O=C(CN1CCN(C(=O)CNC2CCCCCCC2)CC1)Nc1ccc(F)cc1. The molecule has 2 N–H and O–H groups in total. The third-order valence-corrected chi connectivity index (χ3v) is 5.87. The Bertz CT molecular complexity index is 651. The predicted octanol–water partition coefficient (Wildman–Crippen LogP) is 2.61. The quantitative estimate of drug-likeness (QED) is 0.765. The Balaban J connectivity index is 1.34. The van der Waals surface area contributed by atoms with Crippen LogP contribution in [0.4, 0.5) is 10.1 Å². The highest BCUT2D eigenvalue weighted by atomic mass is 19.1. The Morgan fingerprint density at radius 2 is 1.55 bits per heavy atom. The highest BCUT2D eigenvalue weighted by molar-refractivity contribution is 5.92. The lowest BCUT2D eigenvalue weighted by molar-refractivity contribution is -0.132. The third kappa shape index (κ3) is 7.40. The second kappa shape index (κ2) is 11.3. The first-order valence-electron chi connectivity index (χ1n) is 10.9. The number of carbonyl (C=O) groups excluding carboxylic acids is 2. The van der Waals surface area contributed by atoms with Crippen LogP contribution in [0, 0.1) is 5.82 Å². The van der Waals surface area contributed by atoms with Crippen molar-refractivity contribution >= 4 is 17.5 Å². The number of halogens is 1. The minimum Gasteiger partial charge on any atom is -0.339 e. The average Bonchev–Trinajstić information content (AvgIpc) is 2.69. The Hall–Kier alpha value is -1.99. The molecule has 1 aromatic carbocycles. The lowest BCUT2D eigenvalue weighted by atomic mass is 9.97. The van der Waals surface area contributed by atoms with Crippen LogP contribution in [0.5, 0.6) is 0 Å². The summed E-state index contributed by atoms with van der Waals surface area (Å²) in [6.45, 7) is 3.36. The van der Waals surface area contributed by atoms with Crippen molar-refractivity contribution in [3.8, 4) is 0 Å². The molecule has 0 aromatic heterocycles. The standard InChI is InChI=1S/C22H33FN4O2/c23-18-8-10-20(11-9-18)25-21(28)17-26-12-14-27(15-13-26)22(29)16-24-19-6-4-2-1-3-5-7-19/h8-11,19,24H,1-7,12-17H2,(H,25,28). The lowest BCUT2D eigenvalue weighted by Gasteiger charge is -2.34. The maximum atomic E-state index is 12.9. The predicted molar refractivity (Wildman–Crippen MR) is 112 cm³/mol. The number of benzene rings is 1. The summed E-state index contributed by atoms with van der Waals surface area (Å²) >= 11 is 0. The summed E-state index contributed by atoms with van der Waals surface area (Å²) < 4.78 is 12.9. The summed E-state index contributed by atoms with van der Waals surface area (Å²) in [5.41, 5.74) is 0.588. The lowest BCUT2D eigenvalue weighted by Crippen LogP contribution is -2.52. The van der Waals surface area contributed by atoms with Crippen LogP contribution in [-0.2, 0) is 9.59 Å². The van der Waals surface area contributed by atoms with Crippen molar-refractivity contribution in [2.75, 3.05) is 44.6 Å². The van der Waals surface area contributed by atoms with E-state index in [1.165, 1.54) is 57.1 Å². The van der Waals surface area contributed by atoms with Crippen LogP contribution in [0.3, 0.4) is 0 Å². The van der Waals surface area contributed by atoms with Crippen LogP contribution in [0.2, 0.25) is 0 Å². The maximum absolute atomic E-state index is 12.9. The minimum absolute atomic E-state index is 0.123. The van der Waals surface area contributed by atoms with Crippen molar-refractivity contribution in [2.45, 2.75) is 51.0 Å². The van der Waals surface area contributed by atoms with Crippen molar-refractivity contribution in [1.29, 1.82) is 0 Å². The molecule has 1 heterocycles. The molecule has 7 heteroatoms. The largest absolute Gasteiger partial charge is 0.339 e. The Kier molecular flexibility index (Phi) is 8.43. The van der Waals surface area contributed by atoms with Gasteiger partial charge in [0.15, 0.2) is 0 Å². The minimum atomic E-state index is -0.326. The van der Waals surface area contributed by atoms with Gasteiger partial charge < -0.3 is 15.5 Å². The molecule has 0 atom stereocenters. The Labute approximate surface area is 172 Å².